The van der Waals surface area contributed by atoms with Crippen molar-refractivity contribution in [1.29, 1.82) is 0 Å². The zero-order chi connectivity index (χ0) is 20.3. The highest BCUT2D eigenvalue weighted by molar-refractivity contribution is 9.10. The topological polar surface area (TPSA) is 50.7 Å². The van der Waals surface area contributed by atoms with Gasteiger partial charge in [0.2, 0.25) is 0 Å². The summed E-state index contributed by atoms with van der Waals surface area (Å²) in [5, 5.41) is 3.42. The number of aryl methyl sites for hydroxylation is 2. The minimum absolute atomic E-state index is 0.143. The SMILES string of the molecule is C=CCc1cc(/C=C2\SC(=Nc3cc(C)c(Br)c(C)c3)NC2=O)ccc1OC. The molecule has 0 spiro atoms. The van der Waals surface area contributed by atoms with Crippen LogP contribution in [0.3, 0.4) is 0 Å². The van der Waals surface area contributed by atoms with Gasteiger partial charge in [-0.1, -0.05) is 28.1 Å². The van der Waals surface area contributed by atoms with Gasteiger partial charge in [0.05, 0.1) is 17.7 Å². The fourth-order valence-corrected chi connectivity index (χ4v) is 4.01. The quantitative estimate of drug-likeness (QED) is 0.463. The molecule has 1 amide bonds. The summed E-state index contributed by atoms with van der Waals surface area (Å²) in [6.45, 7) is 7.84. The van der Waals surface area contributed by atoms with Gasteiger partial charge in [-0.15, -0.1) is 6.58 Å². The lowest BCUT2D eigenvalue weighted by molar-refractivity contribution is -0.115. The molecule has 0 bridgehead atoms. The van der Waals surface area contributed by atoms with E-state index in [9.17, 15) is 4.79 Å². The van der Waals surface area contributed by atoms with E-state index in [4.69, 9.17) is 4.74 Å². The second kappa shape index (κ2) is 8.80. The molecule has 3 rings (SSSR count). The molecule has 0 aromatic heterocycles. The first-order valence-electron chi connectivity index (χ1n) is 8.75. The Morgan fingerprint density at radius 1 is 1.25 bits per heavy atom. The van der Waals surface area contributed by atoms with Gasteiger partial charge in [0, 0.05) is 4.47 Å². The zero-order valence-electron chi connectivity index (χ0n) is 16.0. The van der Waals surface area contributed by atoms with Crippen molar-refractivity contribution in [1.82, 2.24) is 5.32 Å². The summed E-state index contributed by atoms with van der Waals surface area (Å²) in [5.41, 5.74) is 5.01. The number of hydrogen-bond donors (Lipinski definition) is 1. The van der Waals surface area contributed by atoms with Crippen LogP contribution in [0.2, 0.25) is 0 Å². The number of halogens is 1. The number of methoxy groups -OCH3 is 1. The average molecular weight is 457 g/mol. The van der Waals surface area contributed by atoms with Gasteiger partial charge >= 0.3 is 0 Å². The molecule has 0 unspecified atom stereocenters. The maximum atomic E-state index is 12.4. The molecule has 0 saturated carbocycles. The van der Waals surface area contributed by atoms with Crippen molar-refractivity contribution in [3.05, 3.63) is 74.6 Å². The Kier molecular flexibility index (Phi) is 6.42. The second-order valence-corrected chi connectivity index (χ2v) is 8.26. The van der Waals surface area contributed by atoms with Crippen LogP contribution in [0, 0.1) is 13.8 Å². The zero-order valence-corrected chi connectivity index (χ0v) is 18.4. The molecular formula is C22H21BrN2O2S. The lowest BCUT2D eigenvalue weighted by atomic mass is 10.1. The van der Waals surface area contributed by atoms with E-state index in [0.717, 1.165) is 38.2 Å². The number of ether oxygens (including phenoxy) is 1. The number of carbonyl (C=O) groups is 1. The number of benzene rings is 2. The first-order valence-corrected chi connectivity index (χ1v) is 10.4. The molecule has 4 nitrogen and oxygen atoms in total. The fourth-order valence-electron chi connectivity index (χ4n) is 2.94. The van der Waals surface area contributed by atoms with E-state index in [1.165, 1.54) is 11.8 Å². The van der Waals surface area contributed by atoms with Crippen molar-refractivity contribution in [2.24, 2.45) is 4.99 Å². The van der Waals surface area contributed by atoms with Crippen LogP contribution < -0.4 is 10.1 Å². The van der Waals surface area contributed by atoms with E-state index in [0.29, 0.717) is 16.5 Å². The fraction of sp³-hybridized carbons (Fsp3) is 0.182. The molecule has 1 saturated heterocycles. The van der Waals surface area contributed by atoms with Crippen molar-refractivity contribution < 1.29 is 9.53 Å². The number of rotatable bonds is 5. The van der Waals surface area contributed by atoms with Crippen molar-refractivity contribution in [2.75, 3.05) is 7.11 Å². The number of aliphatic imine (C=N–C) groups is 1. The molecular weight excluding hydrogens is 436 g/mol. The molecule has 1 aliphatic heterocycles. The predicted molar refractivity (Wildman–Crippen MR) is 121 cm³/mol. The van der Waals surface area contributed by atoms with E-state index in [2.05, 4.69) is 32.8 Å². The molecule has 2 aromatic carbocycles. The molecule has 1 heterocycles. The highest BCUT2D eigenvalue weighted by Crippen LogP contribution is 2.31. The number of allylic oxidation sites excluding steroid dienone is 1. The minimum Gasteiger partial charge on any atom is -0.496 e. The van der Waals surface area contributed by atoms with Gasteiger partial charge in [-0.05, 0) is 84.6 Å². The lowest BCUT2D eigenvalue weighted by Gasteiger charge is -2.07. The third-order valence-electron chi connectivity index (χ3n) is 4.27. The lowest BCUT2D eigenvalue weighted by Crippen LogP contribution is -2.19. The van der Waals surface area contributed by atoms with Crippen LogP contribution in [-0.4, -0.2) is 18.2 Å². The van der Waals surface area contributed by atoms with Crippen LogP contribution in [0.15, 0.2) is 57.4 Å². The number of nitrogens with one attached hydrogen (secondary N) is 1. The molecule has 1 fully saturated rings. The Labute approximate surface area is 177 Å². The predicted octanol–water partition coefficient (Wildman–Crippen LogP) is 5.69. The molecule has 0 radical (unpaired) electrons. The first kappa shape index (κ1) is 20.4. The molecule has 2 aromatic rings. The second-order valence-electron chi connectivity index (χ2n) is 6.44. The largest absolute Gasteiger partial charge is 0.496 e. The van der Waals surface area contributed by atoms with Gasteiger partial charge < -0.3 is 10.1 Å². The summed E-state index contributed by atoms with van der Waals surface area (Å²) in [5.74, 6) is 0.671. The number of amidine groups is 1. The number of amides is 1. The summed E-state index contributed by atoms with van der Waals surface area (Å²) in [6, 6.07) is 9.83. The van der Waals surface area contributed by atoms with Crippen LogP contribution in [-0.2, 0) is 11.2 Å². The highest BCUT2D eigenvalue weighted by atomic mass is 79.9. The van der Waals surface area contributed by atoms with Crippen LogP contribution >= 0.6 is 27.7 Å². The third kappa shape index (κ3) is 4.56. The van der Waals surface area contributed by atoms with Crippen molar-refractivity contribution in [3.63, 3.8) is 0 Å². The maximum Gasteiger partial charge on any atom is 0.264 e. The van der Waals surface area contributed by atoms with Crippen LogP contribution in [0.25, 0.3) is 6.08 Å². The van der Waals surface area contributed by atoms with Gasteiger partial charge in [-0.25, -0.2) is 4.99 Å². The Balaban J connectivity index is 1.86. The van der Waals surface area contributed by atoms with Crippen molar-refractivity contribution in [2.45, 2.75) is 20.3 Å². The van der Waals surface area contributed by atoms with Gasteiger partial charge in [0.15, 0.2) is 5.17 Å². The molecule has 1 aliphatic rings. The van der Waals surface area contributed by atoms with Gasteiger partial charge in [0.1, 0.15) is 5.75 Å². The van der Waals surface area contributed by atoms with E-state index in [-0.39, 0.29) is 5.91 Å². The Bertz CT molecular complexity index is 989. The molecule has 0 aliphatic carbocycles. The third-order valence-corrected chi connectivity index (χ3v) is 6.43. The van der Waals surface area contributed by atoms with Gasteiger partial charge in [0.25, 0.3) is 5.91 Å². The summed E-state index contributed by atoms with van der Waals surface area (Å²) in [7, 11) is 1.65. The van der Waals surface area contributed by atoms with Crippen molar-refractivity contribution >= 4 is 50.5 Å². The van der Waals surface area contributed by atoms with E-state index >= 15 is 0 Å². The summed E-state index contributed by atoms with van der Waals surface area (Å²) in [4.78, 5) is 17.6. The van der Waals surface area contributed by atoms with Gasteiger partial charge in [-0.3, -0.25) is 4.79 Å². The van der Waals surface area contributed by atoms with E-state index in [1.54, 1.807) is 7.11 Å². The molecule has 28 heavy (non-hydrogen) atoms. The number of hydrogen-bond acceptors (Lipinski definition) is 4. The van der Waals surface area contributed by atoms with E-state index in [1.807, 2.05) is 56.3 Å². The number of thioether (sulfide) groups is 1. The van der Waals surface area contributed by atoms with E-state index < -0.39 is 0 Å². The Hall–Kier alpha value is -2.31. The maximum absolute atomic E-state index is 12.4. The number of nitrogens with zero attached hydrogens (tertiary/aromatic N) is 1. The standard InChI is InChI=1S/C22H21BrN2O2S/c1-5-6-16-11-15(7-8-18(16)27-4)12-19-21(26)25-22(28-19)24-17-9-13(2)20(23)14(3)10-17/h5,7-12H,1,6H2,2-4H3,(H,24,25,26)/b19-12-. The average Bonchev–Trinajstić information content (AvgIpc) is 2.99. The van der Waals surface area contributed by atoms with Crippen LogP contribution in [0.5, 0.6) is 5.75 Å². The first-order chi connectivity index (χ1) is 13.4. The summed E-state index contributed by atoms with van der Waals surface area (Å²) in [6.07, 6.45) is 4.40. The Morgan fingerprint density at radius 3 is 2.61 bits per heavy atom. The van der Waals surface area contributed by atoms with Crippen LogP contribution in [0.1, 0.15) is 22.3 Å². The molecule has 0 atom stereocenters. The molecule has 144 valence electrons. The van der Waals surface area contributed by atoms with Crippen LogP contribution in [0.4, 0.5) is 5.69 Å². The summed E-state index contributed by atoms with van der Waals surface area (Å²) >= 11 is 4.90. The molecule has 1 N–H and O–H groups in total. The highest BCUT2D eigenvalue weighted by Gasteiger charge is 2.24. The summed E-state index contributed by atoms with van der Waals surface area (Å²) < 4.78 is 6.46. The molecule has 6 heteroatoms. The smallest absolute Gasteiger partial charge is 0.264 e. The van der Waals surface area contributed by atoms with Crippen molar-refractivity contribution in [3.8, 4) is 5.75 Å². The number of carbonyl (C=O) groups excluding carboxylic acids is 1. The normalized spacial score (nSPS) is 16.5. The monoisotopic (exact) mass is 456 g/mol. The minimum atomic E-state index is -0.143. The van der Waals surface area contributed by atoms with Gasteiger partial charge in [-0.2, -0.15) is 0 Å². The Morgan fingerprint density at radius 2 is 1.96 bits per heavy atom.